The summed E-state index contributed by atoms with van der Waals surface area (Å²) >= 11 is 0. The summed E-state index contributed by atoms with van der Waals surface area (Å²) in [5.74, 6) is 1.03. The fourth-order valence-corrected chi connectivity index (χ4v) is 3.33. The van der Waals surface area contributed by atoms with Gasteiger partial charge in [0.25, 0.3) is 0 Å². The second-order valence-corrected chi connectivity index (χ2v) is 6.90. The van der Waals surface area contributed by atoms with E-state index in [2.05, 4.69) is 11.4 Å². The maximum Gasteiger partial charge on any atom is 0.161 e. The van der Waals surface area contributed by atoms with Gasteiger partial charge in [0.05, 0.1) is 7.11 Å². The Kier molecular flexibility index (Phi) is 9.32. The molecule has 1 N–H and O–H groups in total. The molecule has 3 nitrogen and oxygen atoms in total. The molecule has 0 spiro atoms. The first-order valence-corrected chi connectivity index (χ1v) is 9.68. The van der Waals surface area contributed by atoms with Crippen LogP contribution < -0.4 is 14.8 Å². The van der Waals surface area contributed by atoms with E-state index >= 15 is 0 Å². The van der Waals surface area contributed by atoms with Crippen molar-refractivity contribution in [3.8, 4) is 11.5 Å². The maximum absolute atomic E-state index is 13.7. The summed E-state index contributed by atoms with van der Waals surface area (Å²) in [5, 5.41) is 3.50. The van der Waals surface area contributed by atoms with E-state index in [0.717, 1.165) is 25.1 Å². The van der Waals surface area contributed by atoms with Crippen molar-refractivity contribution in [3.63, 3.8) is 0 Å². The van der Waals surface area contributed by atoms with E-state index < -0.39 is 0 Å². The lowest BCUT2D eigenvalue weighted by Crippen LogP contribution is -2.15. The Bertz CT molecular complexity index is 779. The molecule has 28 heavy (non-hydrogen) atoms. The number of methoxy groups -OCH3 is 1. The average molecular weight is 406 g/mol. The molecule has 1 aliphatic carbocycles. The van der Waals surface area contributed by atoms with Crippen LogP contribution >= 0.6 is 12.4 Å². The van der Waals surface area contributed by atoms with Crippen LogP contribution in [-0.4, -0.2) is 13.7 Å². The number of benzene rings is 2. The molecule has 0 radical (unpaired) electrons. The summed E-state index contributed by atoms with van der Waals surface area (Å²) in [7, 11) is 1.62. The highest BCUT2D eigenvalue weighted by atomic mass is 35.5. The summed E-state index contributed by atoms with van der Waals surface area (Å²) in [5.41, 5.74) is 3.26. The molecule has 152 valence electrons. The number of hydrogen-bond donors (Lipinski definition) is 1. The van der Waals surface area contributed by atoms with E-state index in [-0.39, 0.29) is 24.8 Å². The van der Waals surface area contributed by atoms with Gasteiger partial charge >= 0.3 is 0 Å². The van der Waals surface area contributed by atoms with Gasteiger partial charge in [0.1, 0.15) is 12.4 Å². The van der Waals surface area contributed by atoms with E-state index in [1.165, 1.54) is 31.7 Å². The van der Waals surface area contributed by atoms with Crippen molar-refractivity contribution in [1.29, 1.82) is 0 Å². The van der Waals surface area contributed by atoms with Crippen LogP contribution in [-0.2, 0) is 13.2 Å². The van der Waals surface area contributed by atoms with E-state index in [9.17, 15) is 4.39 Å². The summed E-state index contributed by atoms with van der Waals surface area (Å²) < 4.78 is 24.9. The highest BCUT2D eigenvalue weighted by Gasteiger charge is 2.08. The van der Waals surface area contributed by atoms with Crippen molar-refractivity contribution in [1.82, 2.24) is 5.32 Å². The molecule has 0 amide bonds. The molecular weight excluding hydrogens is 377 g/mol. The molecule has 0 atom stereocenters. The smallest absolute Gasteiger partial charge is 0.161 e. The number of nitrogens with one attached hydrogen (secondary N) is 1. The van der Waals surface area contributed by atoms with Crippen LogP contribution in [0.25, 0.3) is 0 Å². The second kappa shape index (κ2) is 11.7. The van der Waals surface area contributed by atoms with Crippen LogP contribution in [0.15, 0.2) is 54.1 Å². The Morgan fingerprint density at radius 2 is 1.93 bits per heavy atom. The van der Waals surface area contributed by atoms with Gasteiger partial charge in [0.15, 0.2) is 11.5 Å². The van der Waals surface area contributed by atoms with Crippen LogP contribution in [0.3, 0.4) is 0 Å². The molecule has 3 rings (SSSR count). The van der Waals surface area contributed by atoms with Crippen molar-refractivity contribution in [2.75, 3.05) is 13.7 Å². The zero-order chi connectivity index (χ0) is 18.9. The van der Waals surface area contributed by atoms with E-state index in [0.29, 0.717) is 17.1 Å². The molecular formula is C23H29ClFNO2. The van der Waals surface area contributed by atoms with E-state index in [4.69, 9.17) is 9.47 Å². The number of ether oxygens (including phenoxy) is 2. The Hall–Kier alpha value is -2.04. The first-order chi connectivity index (χ1) is 13.3. The van der Waals surface area contributed by atoms with Crippen LogP contribution in [0.1, 0.15) is 43.2 Å². The highest BCUT2D eigenvalue weighted by Crippen LogP contribution is 2.29. The predicted octanol–water partition coefficient (Wildman–Crippen LogP) is 5.82. The molecule has 5 heteroatoms. The van der Waals surface area contributed by atoms with E-state index in [1.807, 2.05) is 18.2 Å². The zero-order valence-electron chi connectivity index (χ0n) is 16.4. The van der Waals surface area contributed by atoms with Gasteiger partial charge in [-0.2, -0.15) is 0 Å². The normalized spacial score (nSPS) is 13.4. The summed E-state index contributed by atoms with van der Waals surface area (Å²) in [6, 6.07) is 12.5. The minimum atomic E-state index is -0.259. The lowest BCUT2D eigenvalue weighted by atomic mass is 9.97. The van der Waals surface area contributed by atoms with Gasteiger partial charge in [0, 0.05) is 12.1 Å². The third-order valence-corrected chi connectivity index (χ3v) is 4.91. The minimum Gasteiger partial charge on any atom is -0.493 e. The molecule has 2 aromatic carbocycles. The summed E-state index contributed by atoms with van der Waals surface area (Å²) in [6.45, 7) is 1.95. The number of hydrogen-bond acceptors (Lipinski definition) is 3. The molecule has 0 bridgehead atoms. The zero-order valence-corrected chi connectivity index (χ0v) is 17.2. The molecule has 1 aliphatic rings. The quantitative estimate of drug-likeness (QED) is 0.421. The molecule has 2 aromatic rings. The van der Waals surface area contributed by atoms with E-state index in [1.54, 1.807) is 30.9 Å². The standard InChI is InChI=1S/C23H28FNO2.ClH/c1-26-23-15-19(16-25-14-13-18-7-3-2-4-8-18)11-12-22(23)27-17-20-9-5-6-10-21(20)24;/h5-7,9-12,15,25H,2-4,8,13-14,16-17H2,1H3;1H. The lowest BCUT2D eigenvalue weighted by molar-refractivity contribution is 0.279. The molecule has 0 unspecified atom stereocenters. The fraction of sp³-hybridized carbons (Fsp3) is 0.391. The number of allylic oxidation sites excluding steroid dienone is 1. The lowest BCUT2D eigenvalue weighted by Gasteiger charge is -2.14. The SMILES string of the molecule is COc1cc(CNCCC2=CCCCC2)ccc1OCc1ccccc1F.Cl. The van der Waals surface area contributed by atoms with Gasteiger partial charge in [-0.3, -0.25) is 0 Å². The Morgan fingerprint density at radius 3 is 2.68 bits per heavy atom. The van der Waals surface area contributed by atoms with Crippen molar-refractivity contribution >= 4 is 12.4 Å². The monoisotopic (exact) mass is 405 g/mol. The van der Waals surface area contributed by atoms with Crippen LogP contribution in [0.4, 0.5) is 4.39 Å². The Labute approximate surface area is 173 Å². The Balaban J connectivity index is 0.00000280. The van der Waals surface area contributed by atoms with Gasteiger partial charge in [0.2, 0.25) is 0 Å². The van der Waals surface area contributed by atoms with Crippen LogP contribution in [0, 0.1) is 5.82 Å². The first kappa shape index (κ1) is 22.3. The largest absolute Gasteiger partial charge is 0.493 e. The number of halogens is 2. The van der Waals surface area contributed by atoms with Gasteiger partial charge in [-0.1, -0.05) is 35.9 Å². The van der Waals surface area contributed by atoms with Crippen molar-refractivity contribution in [2.24, 2.45) is 0 Å². The Morgan fingerprint density at radius 1 is 1.07 bits per heavy atom. The van der Waals surface area contributed by atoms with Gasteiger partial charge in [-0.15, -0.1) is 12.4 Å². The summed E-state index contributed by atoms with van der Waals surface area (Å²) in [4.78, 5) is 0. The highest BCUT2D eigenvalue weighted by molar-refractivity contribution is 5.85. The fourth-order valence-electron chi connectivity index (χ4n) is 3.33. The molecule has 0 fully saturated rings. The third kappa shape index (κ3) is 6.54. The van der Waals surface area contributed by atoms with Crippen LogP contribution in [0.2, 0.25) is 0 Å². The van der Waals surface area contributed by atoms with Crippen molar-refractivity contribution in [3.05, 3.63) is 71.1 Å². The molecule has 0 saturated carbocycles. The number of rotatable bonds is 9. The first-order valence-electron chi connectivity index (χ1n) is 9.68. The summed E-state index contributed by atoms with van der Waals surface area (Å²) in [6.07, 6.45) is 8.68. The predicted molar refractivity (Wildman–Crippen MR) is 114 cm³/mol. The minimum absolute atomic E-state index is 0. The van der Waals surface area contributed by atoms with Gasteiger partial charge in [-0.25, -0.2) is 4.39 Å². The van der Waals surface area contributed by atoms with Crippen molar-refractivity contribution < 1.29 is 13.9 Å². The third-order valence-electron chi connectivity index (χ3n) is 4.91. The second-order valence-electron chi connectivity index (χ2n) is 6.90. The topological polar surface area (TPSA) is 30.5 Å². The van der Waals surface area contributed by atoms with Gasteiger partial charge in [-0.05, 0) is 62.4 Å². The van der Waals surface area contributed by atoms with Crippen LogP contribution in [0.5, 0.6) is 11.5 Å². The van der Waals surface area contributed by atoms with Crippen molar-refractivity contribution in [2.45, 2.75) is 45.3 Å². The molecule has 0 heterocycles. The molecule has 0 saturated heterocycles. The maximum atomic E-state index is 13.7. The van der Waals surface area contributed by atoms with Gasteiger partial charge < -0.3 is 14.8 Å². The average Bonchev–Trinajstić information content (AvgIpc) is 2.72. The molecule has 0 aromatic heterocycles. The molecule has 0 aliphatic heterocycles.